The second-order valence-corrected chi connectivity index (χ2v) is 5.18. The summed E-state index contributed by atoms with van der Waals surface area (Å²) >= 11 is 1.80. The Hall–Kier alpha value is -1.13. The third-order valence-corrected chi connectivity index (χ3v) is 3.71. The van der Waals surface area contributed by atoms with Gasteiger partial charge < -0.3 is 10.3 Å². The highest BCUT2D eigenvalue weighted by Crippen LogP contribution is 2.16. The first-order valence-corrected chi connectivity index (χ1v) is 6.32. The number of aryl methyl sites for hydroxylation is 2. The van der Waals surface area contributed by atoms with Gasteiger partial charge in [0, 0.05) is 36.8 Å². The lowest BCUT2D eigenvalue weighted by Crippen LogP contribution is -2.16. The van der Waals surface area contributed by atoms with Crippen LogP contribution in [0.2, 0.25) is 0 Å². The van der Waals surface area contributed by atoms with E-state index in [1.807, 2.05) is 12.4 Å². The zero-order valence-corrected chi connectivity index (χ0v) is 10.5. The molecule has 0 radical (unpaired) electrons. The Morgan fingerprint density at radius 1 is 1.44 bits per heavy atom. The van der Waals surface area contributed by atoms with Gasteiger partial charge in [0.2, 0.25) is 0 Å². The molecule has 2 aromatic rings. The molecule has 0 saturated carbocycles. The van der Waals surface area contributed by atoms with Crippen LogP contribution in [0.25, 0.3) is 0 Å². The smallest absolute Gasteiger partial charge is 0.0943 e. The second kappa shape index (κ2) is 5.27. The number of nitrogens with zero attached hydrogens (tertiary/aromatic N) is 1. The highest BCUT2D eigenvalue weighted by Gasteiger charge is 2.02. The SMILES string of the molecule is Cc1nc(CCNCc2cc[nH]c2)sc1C. The fourth-order valence-corrected chi connectivity index (χ4v) is 2.48. The van der Waals surface area contributed by atoms with Gasteiger partial charge in [0.15, 0.2) is 0 Å². The summed E-state index contributed by atoms with van der Waals surface area (Å²) in [6.07, 6.45) is 4.99. The molecule has 86 valence electrons. The molecule has 2 heterocycles. The molecule has 2 rings (SSSR count). The van der Waals surface area contributed by atoms with Crippen molar-refractivity contribution in [2.75, 3.05) is 6.54 Å². The Morgan fingerprint density at radius 2 is 2.31 bits per heavy atom. The normalized spacial score (nSPS) is 10.9. The molecule has 0 aliphatic rings. The van der Waals surface area contributed by atoms with Crippen LogP contribution in [-0.2, 0) is 13.0 Å². The topological polar surface area (TPSA) is 40.7 Å². The highest BCUT2D eigenvalue weighted by atomic mass is 32.1. The van der Waals surface area contributed by atoms with E-state index in [1.165, 1.54) is 21.1 Å². The Labute approximate surface area is 99.9 Å². The molecule has 0 amide bonds. The summed E-state index contributed by atoms with van der Waals surface area (Å²) < 4.78 is 0. The molecule has 0 unspecified atom stereocenters. The molecular formula is C12H17N3S. The summed E-state index contributed by atoms with van der Waals surface area (Å²) in [5.41, 5.74) is 2.47. The number of nitrogens with one attached hydrogen (secondary N) is 2. The van der Waals surface area contributed by atoms with E-state index in [0.29, 0.717) is 0 Å². The third kappa shape index (κ3) is 2.93. The summed E-state index contributed by atoms with van der Waals surface area (Å²) in [7, 11) is 0. The first-order valence-electron chi connectivity index (χ1n) is 5.51. The first kappa shape index (κ1) is 11.4. The number of H-pyrrole nitrogens is 1. The number of hydrogen-bond donors (Lipinski definition) is 2. The molecule has 0 saturated heterocycles. The average Bonchev–Trinajstić information content (AvgIpc) is 2.85. The van der Waals surface area contributed by atoms with Crippen molar-refractivity contribution < 1.29 is 0 Å². The van der Waals surface area contributed by atoms with Gasteiger partial charge in [0.25, 0.3) is 0 Å². The van der Waals surface area contributed by atoms with Crippen LogP contribution in [0.15, 0.2) is 18.5 Å². The van der Waals surface area contributed by atoms with Gasteiger partial charge in [0.1, 0.15) is 0 Å². The number of rotatable bonds is 5. The maximum absolute atomic E-state index is 4.52. The minimum absolute atomic E-state index is 0.923. The Kier molecular flexibility index (Phi) is 3.74. The number of hydrogen-bond acceptors (Lipinski definition) is 3. The lowest BCUT2D eigenvalue weighted by atomic mass is 10.3. The van der Waals surface area contributed by atoms with Crippen molar-refractivity contribution in [1.29, 1.82) is 0 Å². The van der Waals surface area contributed by atoms with E-state index >= 15 is 0 Å². The summed E-state index contributed by atoms with van der Waals surface area (Å²) in [4.78, 5) is 8.90. The van der Waals surface area contributed by atoms with Gasteiger partial charge in [-0.25, -0.2) is 4.98 Å². The lowest BCUT2D eigenvalue weighted by Gasteiger charge is -2.00. The molecule has 0 aliphatic heterocycles. The largest absolute Gasteiger partial charge is 0.367 e. The molecule has 0 aromatic carbocycles. The average molecular weight is 235 g/mol. The van der Waals surface area contributed by atoms with Gasteiger partial charge >= 0.3 is 0 Å². The van der Waals surface area contributed by atoms with Gasteiger partial charge in [-0.1, -0.05) is 0 Å². The van der Waals surface area contributed by atoms with Crippen LogP contribution in [0.4, 0.5) is 0 Å². The van der Waals surface area contributed by atoms with Gasteiger partial charge in [-0.05, 0) is 25.5 Å². The number of thiazole rings is 1. The van der Waals surface area contributed by atoms with E-state index in [9.17, 15) is 0 Å². The minimum atomic E-state index is 0.923. The fourth-order valence-electron chi connectivity index (χ4n) is 1.54. The molecular weight excluding hydrogens is 218 g/mol. The quantitative estimate of drug-likeness (QED) is 0.781. The van der Waals surface area contributed by atoms with Crippen molar-refractivity contribution in [2.24, 2.45) is 0 Å². The Bertz CT molecular complexity index is 412. The predicted molar refractivity (Wildman–Crippen MR) is 67.8 cm³/mol. The zero-order chi connectivity index (χ0) is 11.4. The van der Waals surface area contributed by atoms with Crippen LogP contribution in [-0.4, -0.2) is 16.5 Å². The van der Waals surface area contributed by atoms with Crippen molar-refractivity contribution >= 4 is 11.3 Å². The third-order valence-electron chi connectivity index (χ3n) is 2.58. The van der Waals surface area contributed by atoms with Gasteiger partial charge in [-0.2, -0.15) is 0 Å². The summed E-state index contributed by atoms with van der Waals surface area (Å²) in [6, 6.07) is 2.09. The number of aromatic amines is 1. The van der Waals surface area contributed by atoms with Crippen molar-refractivity contribution in [3.8, 4) is 0 Å². The van der Waals surface area contributed by atoms with E-state index in [1.54, 1.807) is 11.3 Å². The molecule has 2 N–H and O–H groups in total. The van der Waals surface area contributed by atoms with E-state index in [2.05, 4.69) is 35.2 Å². The van der Waals surface area contributed by atoms with Crippen molar-refractivity contribution in [1.82, 2.24) is 15.3 Å². The van der Waals surface area contributed by atoms with Crippen molar-refractivity contribution in [3.05, 3.63) is 39.6 Å². The predicted octanol–water partition coefficient (Wildman–Crippen LogP) is 2.42. The van der Waals surface area contributed by atoms with Gasteiger partial charge in [0.05, 0.1) is 10.7 Å². The summed E-state index contributed by atoms with van der Waals surface area (Å²) in [5, 5.41) is 4.64. The van der Waals surface area contributed by atoms with E-state index in [4.69, 9.17) is 0 Å². The molecule has 4 heteroatoms. The van der Waals surface area contributed by atoms with Crippen LogP contribution in [0, 0.1) is 13.8 Å². The first-order chi connectivity index (χ1) is 7.75. The molecule has 0 fully saturated rings. The number of aromatic nitrogens is 2. The highest BCUT2D eigenvalue weighted by molar-refractivity contribution is 7.11. The monoisotopic (exact) mass is 235 g/mol. The molecule has 3 nitrogen and oxygen atoms in total. The molecule has 0 aliphatic carbocycles. The summed E-state index contributed by atoms with van der Waals surface area (Å²) in [6.45, 7) is 6.11. The Morgan fingerprint density at radius 3 is 2.94 bits per heavy atom. The van der Waals surface area contributed by atoms with Crippen LogP contribution in [0.1, 0.15) is 21.1 Å². The van der Waals surface area contributed by atoms with Crippen molar-refractivity contribution in [2.45, 2.75) is 26.8 Å². The van der Waals surface area contributed by atoms with Crippen LogP contribution >= 0.6 is 11.3 Å². The van der Waals surface area contributed by atoms with Crippen LogP contribution < -0.4 is 5.32 Å². The second-order valence-electron chi connectivity index (χ2n) is 3.90. The molecule has 16 heavy (non-hydrogen) atoms. The molecule has 0 atom stereocenters. The van der Waals surface area contributed by atoms with E-state index in [-0.39, 0.29) is 0 Å². The van der Waals surface area contributed by atoms with Crippen molar-refractivity contribution in [3.63, 3.8) is 0 Å². The maximum Gasteiger partial charge on any atom is 0.0943 e. The standard InChI is InChI=1S/C12H17N3S/c1-9-10(2)16-12(15-9)4-6-14-8-11-3-5-13-7-11/h3,5,7,13-14H,4,6,8H2,1-2H3. The van der Waals surface area contributed by atoms with Crippen LogP contribution in [0.3, 0.4) is 0 Å². The molecule has 2 aromatic heterocycles. The van der Waals surface area contributed by atoms with E-state index in [0.717, 1.165) is 19.5 Å². The summed E-state index contributed by atoms with van der Waals surface area (Å²) in [5.74, 6) is 0. The fraction of sp³-hybridized carbons (Fsp3) is 0.417. The maximum atomic E-state index is 4.52. The van der Waals surface area contributed by atoms with Gasteiger partial charge in [-0.15, -0.1) is 11.3 Å². The van der Waals surface area contributed by atoms with Crippen LogP contribution in [0.5, 0.6) is 0 Å². The molecule has 0 bridgehead atoms. The van der Waals surface area contributed by atoms with E-state index < -0.39 is 0 Å². The lowest BCUT2D eigenvalue weighted by molar-refractivity contribution is 0.685. The zero-order valence-electron chi connectivity index (χ0n) is 9.71. The minimum Gasteiger partial charge on any atom is -0.367 e. The Balaban J connectivity index is 1.72. The van der Waals surface area contributed by atoms with Gasteiger partial charge in [-0.3, -0.25) is 0 Å². The molecule has 0 spiro atoms.